The van der Waals surface area contributed by atoms with Crippen molar-refractivity contribution >= 4 is 27.3 Å². The molecule has 0 aliphatic carbocycles. The fraction of sp³-hybridized carbons (Fsp3) is 0.357. The number of rotatable bonds is 4. The molecule has 1 heterocycles. The lowest BCUT2D eigenvalue weighted by molar-refractivity contribution is 0.583. The molecule has 0 atom stereocenters. The molecule has 1 aromatic heterocycles. The average Bonchev–Trinajstić information content (AvgIpc) is 2.64. The predicted molar refractivity (Wildman–Crippen MR) is 84.2 cm³/mol. The Morgan fingerprint density at radius 3 is 2.24 bits per heavy atom. The first-order valence-corrected chi connectivity index (χ1v) is 8.37. The van der Waals surface area contributed by atoms with Gasteiger partial charge in [-0.1, -0.05) is 29.8 Å². The maximum absolute atomic E-state index is 13.0. The Bertz CT molecular complexity index is 739. The van der Waals surface area contributed by atoms with Crippen molar-refractivity contribution in [2.24, 2.45) is 7.05 Å². The van der Waals surface area contributed by atoms with Crippen molar-refractivity contribution in [1.29, 1.82) is 0 Å². The molecule has 0 radical (unpaired) electrons. The van der Waals surface area contributed by atoms with Gasteiger partial charge < -0.3 is 0 Å². The minimum atomic E-state index is -3.78. The molecule has 0 aliphatic rings. The molecule has 0 aliphatic heterocycles. The molecule has 1 aromatic carbocycles. The zero-order chi connectivity index (χ0) is 15.8. The van der Waals surface area contributed by atoms with E-state index in [4.69, 9.17) is 11.6 Å². The van der Waals surface area contributed by atoms with Crippen LogP contribution < -0.4 is 4.31 Å². The van der Waals surface area contributed by atoms with E-state index in [-0.39, 0.29) is 16.1 Å². The third kappa shape index (κ3) is 2.78. The van der Waals surface area contributed by atoms with E-state index in [0.29, 0.717) is 11.4 Å². The van der Waals surface area contributed by atoms with Crippen LogP contribution in [0, 0.1) is 6.92 Å². The molecule has 7 heteroatoms. The Hall–Kier alpha value is -1.53. The number of sulfonamides is 1. The molecular weight excluding hydrogens is 310 g/mol. The summed E-state index contributed by atoms with van der Waals surface area (Å²) in [6, 6.07) is 8.73. The number of benzene rings is 1. The van der Waals surface area contributed by atoms with Gasteiger partial charge in [0.2, 0.25) is 0 Å². The maximum Gasteiger partial charge on any atom is 0.269 e. The molecule has 0 spiro atoms. The summed E-state index contributed by atoms with van der Waals surface area (Å²) in [6.07, 6.45) is 0. The lowest BCUT2D eigenvalue weighted by Crippen LogP contribution is -2.37. The molecule has 0 N–H and O–H groups in total. The predicted octanol–water partition coefficient (Wildman–Crippen LogP) is 2.99. The molecule has 0 fully saturated rings. The van der Waals surface area contributed by atoms with Gasteiger partial charge in [0.15, 0.2) is 0 Å². The lowest BCUT2D eigenvalue weighted by Gasteiger charge is -2.28. The van der Waals surface area contributed by atoms with Crippen LogP contribution in [-0.2, 0) is 17.1 Å². The SMILES string of the molecule is Cc1nn(C)c(Cl)c1S(=O)(=O)N(c1ccccc1)C(C)C. The maximum atomic E-state index is 13.0. The van der Waals surface area contributed by atoms with Crippen molar-refractivity contribution in [2.75, 3.05) is 4.31 Å². The first kappa shape index (κ1) is 15.9. The monoisotopic (exact) mass is 327 g/mol. The van der Waals surface area contributed by atoms with Gasteiger partial charge in [0.05, 0.1) is 11.4 Å². The molecule has 0 saturated carbocycles. The third-order valence-electron chi connectivity index (χ3n) is 3.10. The second kappa shape index (κ2) is 5.69. The minimum Gasteiger partial charge on any atom is -0.264 e. The van der Waals surface area contributed by atoms with Crippen LogP contribution in [0.4, 0.5) is 5.69 Å². The summed E-state index contributed by atoms with van der Waals surface area (Å²) in [5.41, 5.74) is 0.996. The van der Waals surface area contributed by atoms with Gasteiger partial charge in [-0.15, -0.1) is 0 Å². The topological polar surface area (TPSA) is 55.2 Å². The van der Waals surface area contributed by atoms with Crippen molar-refractivity contribution in [1.82, 2.24) is 9.78 Å². The summed E-state index contributed by atoms with van der Waals surface area (Å²) in [5.74, 6) is 0. The highest BCUT2D eigenvalue weighted by molar-refractivity contribution is 7.93. The van der Waals surface area contributed by atoms with E-state index in [0.717, 1.165) is 0 Å². The summed E-state index contributed by atoms with van der Waals surface area (Å²) >= 11 is 6.13. The van der Waals surface area contributed by atoms with Gasteiger partial charge in [-0.25, -0.2) is 8.42 Å². The fourth-order valence-corrected chi connectivity index (χ4v) is 4.67. The molecule has 5 nitrogen and oxygen atoms in total. The molecule has 2 aromatic rings. The van der Waals surface area contributed by atoms with Crippen LogP contribution in [0.1, 0.15) is 19.5 Å². The van der Waals surface area contributed by atoms with Gasteiger partial charge in [0.1, 0.15) is 10.0 Å². The van der Waals surface area contributed by atoms with E-state index < -0.39 is 10.0 Å². The second-order valence-electron chi connectivity index (χ2n) is 5.06. The third-order valence-corrected chi connectivity index (χ3v) is 5.80. The summed E-state index contributed by atoms with van der Waals surface area (Å²) in [4.78, 5) is 0.0595. The first-order valence-electron chi connectivity index (χ1n) is 6.55. The molecule has 0 bridgehead atoms. The van der Waals surface area contributed by atoms with Crippen LogP contribution in [-0.4, -0.2) is 24.2 Å². The zero-order valence-electron chi connectivity index (χ0n) is 12.4. The molecule has 21 heavy (non-hydrogen) atoms. The fourth-order valence-electron chi connectivity index (χ4n) is 2.29. The lowest BCUT2D eigenvalue weighted by atomic mass is 10.3. The Labute approximate surface area is 130 Å². The number of halogens is 1. The zero-order valence-corrected chi connectivity index (χ0v) is 14.0. The highest BCUT2D eigenvalue weighted by atomic mass is 35.5. The van der Waals surface area contributed by atoms with Crippen molar-refractivity contribution < 1.29 is 8.42 Å². The standard InChI is InChI=1S/C14H18ClN3O2S/c1-10(2)18(12-8-6-5-7-9-12)21(19,20)13-11(3)16-17(4)14(13)15/h5-10H,1-4H3. The number of para-hydroxylation sites is 1. The minimum absolute atomic E-state index is 0.0595. The molecular formula is C14H18ClN3O2S. The summed E-state index contributed by atoms with van der Waals surface area (Å²) < 4.78 is 28.8. The Kier molecular flexibility index (Phi) is 4.30. The quantitative estimate of drug-likeness (QED) is 0.867. The van der Waals surface area contributed by atoms with E-state index in [9.17, 15) is 8.42 Å². The smallest absolute Gasteiger partial charge is 0.264 e. The molecule has 114 valence electrons. The Morgan fingerprint density at radius 1 is 1.24 bits per heavy atom. The number of hydrogen-bond donors (Lipinski definition) is 0. The van der Waals surface area contributed by atoms with E-state index >= 15 is 0 Å². The summed E-state index contributed by atoms with van der Waals surface area (Å²) in [6.45, 7) is 5.29. The van der Waals surface area contributed by atoms with E-state index in [1.165, 1.54) is 8.99 Å². The second-order valence-corrected chi connectivity index (χ2v) is 7.17. The van der Waals surface area contributed by atoms with Crippen LogP contribution in [0.5, 0.6) is 0 Å². The van der Waals surface area contributed by atoms with Crippen molar-refractivity contribution in [3.63, 3.8) is 0 Å². The van der Waals surface area contributed by atoms with Crippen LogP contribution in [0.3, 0.4) is 0 Å². The molecule has 0 amide bonds. The van der Waals surface area contributed by atoms with Crippen LogP contribution >= 0.6 is 11.6 Å². The molecule has 0 saturated heterocycles. The normalized spacial score (nSPS) is 11.9. The highest BCUT2D eigenvalue weighted by Crippen LogP contribution is 2.31. The number of anilines is 1. The van der Waals surface area contributed by atoms with Gasteiger partial charge in [0, 0.05) is 13.1 Å². The van der Waals surface area contributed by atoms with Crippen LogP contribution in [0.2, 0.25) is 5.15 Å². The van der Waals surface area contributed by atoms with Crippen molar-refractivity contribution in [3.8, 4) is 0 Å². The van der Waals surface area contributed by atoms with Gasteiger partial charge in [-0.2, -0.15) is 5.10 Å². The number of aryl methyl sites for hydroxylation is 2. The molecule has 0 unspecified atom stereocenters. The van der Waals surface area contributed by atoms with Gasteiger partial charge in [-0.3, -0.25) is 8.99 Å². The van der Waals surface area contributed by atoms with Gasteiger partial charge in [-0.05, 0) is 32.9 Å². The largest absolute Gasteiger partial charge is 0.269 e. The molecule has 2 rings (SSSR count). The van der Waals surface area contributed by atoms with Crippen molar-refractivity contribution in [2.45, 2.75) is 31.7 Å². The average molecular weight is 328 g/mol. The summed E-state index contributed by atoms with van der Waals surface area (Å²) in [5, 5.41) is 4.21. The van der Waals surface area contributed by atoms with Gasteiger partial charge >= 0.3 is 0 Å². The summed E-state index contributed by atoms with van der Waals surface area (Å²) in [7, 11) is -2.15. The van der Waals surface area contributed by atoms with Crippen LogP contribution in [0.15, 0.2) is 35.2 Å². The van der Waals surface area contributed by atoms with Crippen molar-refractivity contribution in [3.05, 3.63) is 41.2 Å². The van der Waals surface area contributed by atoms with E-state index in [1.54, 1.807) is 38.2 Å². The Morgan fingerprint density at radius 2 is 1.81 bits per heavy atom. The van der Waals surface area contributed by atoms with Crippen LogP contribution in [0.25, 0.3) is 0 Å². The number of nitrogens with zero attached hydrogens (tertiary/aromatic N) is 3. The van der Waals surface area contributed by atoms with E-state index in [1.807, 2.05) is 19.9 Å². The Balaban J connectivity index is 2.65. The number of aromatic nitrogens is 2. The number of hydrogen-bond acceptors (Lipinski definition) is 3. The highest BCUT2D eigenvalue weighted by Gasteiger charge is 2.33. The first-order chi connectivity index (χ1) is 9.76. The van der Waals surface area contributed by atoms with E-state index in [2.05, 4.69) is 5.10 Å². The van der Waals surface area contributed by atoms with Gasteiger partial charge in [0.25, 0.3) is 10.0 Å².